The molecule has 0 amide bonds. The van der Waals surface area contributed by atoms with Crippen LogP contribution in [-0.4, -0.2) is 13.2 Å². The molecule has 0 saturated heterocycles. The Balaban J connectivity index is 2.07. The lowest BCUT2D eigenvalue weighted by atomic mass is 10.1. The molecule has 0 aromatic rings. The second-order valence-electron chi connectivity index (χ2n) is 5.20. The Hall–Kier alpha value is -0.300. The Kier molecular flexibility index (Phi) is 10.6. The van der Waals surface area contributed by atoms with Crippen molar-refractivity contribution < 1.29 is 4.74 Å². The van der Waals surface area contributed by atoms with Crippen LogP contribution in [0.5, 0.6) is 0 Å². The van der Waals surface area contributed by atoms with Crippen LogP contribution in [0.3, 0.4) is 0 Å². The van der Waals surface area contributed by atoms with Gasteiger partial charge in [-0.2, -0.15) is 0 Å². The predicted octanol–water partition coefficient (Wildman–Crippen LogP) is 5.25. The zero-order valence-electron chi connectivity index (χ0n) is 11.5. The van der Waals surface area contributed by atoms with E-state index in [2.05, 4.69) is 12.2 Å². The Labute approximate surface area is 108 Å². The van der Waals surface area contributed by atoms with Gasteiger partial charge in [0, 0.05) is 13.2 Å². The lowest BCUT2D eigenvalue weighted by molar-refractivity contribution is 0.125. The molecule has 0 fully saturated rings. The van der Waals surface area contributed by atoms with Gasteiger partial charge in [0.05, 0.1) is 0 Å². The van der Waals surface area contributed by atoms with Crippen LogP contribution in [0, 0.1) is 0 Å². The van der Waals surface area contributed by atoms with E-state index in [1.54, 1.807) is 0 Å². The fourth-order valence-electron chi connectivity index (χ4n) is 2.33. The highest BCUT2D eigenvalue weighted by Crippen LogP contribution is 2.10. The standard InChI is InChI=1S/C16H30O/c1-2-4-6-8-10-12-14-16-17-15-13-11-9-7-5-3-1/h1,3H,2,4-16H2/b3-1+. The molecule has 0 unspecified atom stereocenters. The van der Waals surface area contributed by atoms with Crippen molar-refractivity contribution in [3.63, 3.8) is 0 Å². The smallest absolute Gasteiger partial charge is 0.0466 e. The lowest BCUT2D eigenvalue weighted by Gasteiger charge is -2.04. The van der Waals surface area contributed by atoms with Crippen molar-refractivity contribution >= 4 is 0 Å². The number of hydrogen-bond donors (Lipinski definition) is 0. The SMILES string of the molecule is C1=C/CCCCCCOCCCCCCCC/1. The van der Waals surface area contributed by atoms with Crippen LogP contribution in [0.15, 0.2) is 12.2 Å². The van der Waals surface area contributed by atoms with Gasteiger partial charge in [-0.15, -0.1) is 0 Å². The van der Waals surface area contributed by atoms with Crippen molar-refractivity contribution in [3.8, 4) is 0 Å². The summed E-state index contributed by atoms with van der Waals surface area (Å²) in [5, 5.41) is 0. The summed E-state index contributed by atoms with van der Waals surface area (Å²) in [6, 6.07) is 0. The zero-order valence-corrected chi connectivity index (χ0v) is 11.5. The van der Waals surface area contributed by atoms with E-state index in [0.29, 0.717) is 0 Å². The number of rotatable bonds is 0. The molecule has 17 heavy (non-hydrogen) atoms. The molecule has 0 atom stereocenters. The van der Waals surface area contributed by atoms with Crippen molar-refractivity contribution in [2.24, 2.45) is 0 Å². The van der Waals surface area contributed by atoms with Gasteiger partial charge in [-0.25, -0.2) is 0 Å². The third-order valence-corrected chi connectivity index (χ3v) is 3.49. The maximum Gasteiger partial charge on any atom is 0.0466 e. The summed E-state index contributed by atoms with van der Waals surface area (Å²) in [6.07, 6.45) is 20.9. The van der Waals surface area contributed by atoms with Gasteiger partial charge in [0.2, 0.25) is 0 Å². The van der Waals surface area contributed by atoms with Crippen LogP contribution in [0.2, 0.25) is 0 Å². The normalized spacial score (nSPS) is 24.9. The monoisotopic (exact) mass is 238 g/mol. The van der Waals surface area contributed by atoms with E-state index in [-0.39, 0.29) is 0 Å². The zero-order chi connectivity index (χ0) is 12.0. The molecule has 0 aromatic heterocycles. The Morgan fingerprint density at radius 3 is 1.41 bits per heavy atom. The molecule has 0 saturated carbocycles. The summed E-state index contributed by atoms with van der Waals surface area (Å²) in [7, 11) is 0. The van der Waals surface area contributed by atoms with Crippen LogP contribution in [-0.2, 0) is 4.74 Å². The fraction of sp³-hybridized carbons (Fsp3) is 0.875. The summed E-state index contributed by atoms with van der Waals surface area (Å²) in [5.41, 5.74) is 0. The largest absolute Gasteiger partial charge is 0.381 e. The third-order valence-electron chi connectivity index (χ3n) is 3.49. The van der Waals surface area contributed by atoms with E-state index in [4.69, 9.17) is 4.74 Å². The molecule has 0 radical (unpaired) electrons. The molecule has 1 aliphatic heterocycles. The molecule has 0 bridgehead atoms. The summed E-state index contributed by atoms with van der Waals surface area (Å²) >= 11 is 0. The Morgan fingerprint density at radius 1 is 0.471 bits per heavy atom. The topological polar surface area (TPSA) is 9.23 Å². The fourth-order valence-corrected chi connectivity index (χ4v) is 2.33. The van der Waals surface area contributed by atoms with Gasteiger partial charge in [0.1, 0.15) is 0 Å². The van der Waals surface area contributed by atoms with Crippen LogP contribution >= 0.6 is 0 Å². The highest BCUT2D eigenvalue weighted by atomic mass is 16.5. The molecule has 0 aromatic carbocycles. The number of hydrogen-bond acceptors (Lipinski definition) is 1. The van der Waals surface area contributed by atoms with E-state index in [0.717, 1.165) is 13.2 Å². The second kappa shape index (κ2) is 12.2. The van der Waals surface area contributed by atoms with E-state index in [1.165, 1.54) is 77.0 Å². The molecule has 1 aliphatic rings. The third kappa shape index (κ3) is 10.6. The van der Waals surface area contributed by atoms with Crippen molar-refractivity contribution in [1.82, 2.24) is 0 Å². The van der Waals surface area contributed by atoms with Crippen molar-refractivity contribution in [1.29, 1.82) is 0 Å². The van der Waals surface area contributed by atoms with E-state index >= 15 is 0 Å². The van der Waals surface area contributed by atoms with Crippen molar-refractivity contribution in [2.75, 3.05) is 13.2 Å². The van der Waals surface area contributed by atoms with Gasteiger partial charge in [0.15, 0.2) is 0 Å². The van der Waals surface area contributed by atoms with Crippen LogP contribution < -0.4 is 0 Å². The Morgan fingerprint density at radius 2 is 0.882 bits per heavy atom. The molecule has 0 N–H and O–H groups in total. The first kappa shape index (κ1) is 14.8. The highest BCUT2D eigenvalue weighted by molar-refractivity contribution is 4.81. The highest BCUT2D eigenvalue weighted by Gasteiger charge is 1.94. The molecule has 1 nitrogen and oxygen atoms in total. The molecule has 1 heteroatoms. The van der Waals surface area contributed by atoms with Crippen LogP contribution in [0.25, 0.3) is 0 Å². The molecule has 100 valence electrons. The average Bonchev–Trinajstić information content (AvgIpc) is 2.35. The molecule has 0 aliphatic carbocycles. The molecule has 0 spiro atoms. The second-order valence-corrected chi connectivity index (χ2v) is 5.20. The van der Waals surface area contributed by atoms with Crippen molar-refractivity contribution in [2.45, 2.75) is 77.0 Å². The quantitative estimate of drug-likeness (QED) is 0.523. The summed E-state index contributed by atoms with van der Waals surface area (Å²) in [4.78, 5) is 0. The molecular weight excluding hydrogens is 208 g/mol. The predicted molar refractivity (Wildman–Crippen MR) is 75.4 cm³/mol. The summed E-state index contributed by atoms with van der Waals surface area (Å²) in [6.45, 7) is 1.97. The van der Waals surface area contributed by atoms with Gasteiger partial charge < -0.3 is 4.74 Å². The van der Waals surface area contributed by atoms with E-state index in [1.807, 2.05) is 0 Å². The van der Waals surface area contributed by atoms with Gasteiger partial charge >= 0.3 is 0 Å². The van der Waals surface area contributed by atoms with Crippen LogP contribution in [0.4, 0.5) is 0 Å². The molecule has 1 heterocycles. The maximum absolute atomic E-state index is 5.65. The van der Waals surface area contributed by atoms with Crippen molar-refractivity contribution in [3.05, 3.63) is 12.2 Å². The maximum atomic E-state index is 5.65. The van der Waals surface area contributed by atoms with Gasteiger partial charge in [-0.1, -0.05) is 50.7 Å². The first-order valence-corrected chi connectivity index (χ1v) is 7.73. The lowest BCUT2D eigenvalue weighted by Crippen LogP contribution is -1.97. The van der Waals surface area contributed by atoms with E-state index < -0.39 is 0 Å². The minimum atomic E-state index is 0.982. The van der Waals surface area contributed by atoms with Gasteiger partial charge in [-0.3, -0.25) is 0 Å². The number of ether oxygens (including phenoxy) is 1. The minimum absolute atomic E-state index is 0.982. The van der Waals surface area contributed by atoms with Gasteiger partial charge in [-0.05, 0) is 38.5 Å². The van der Waals surface area contributed by atoms with Crippen LogP contribution in [0.1, 0.15) is 77.0 Å². The Bertz CT molecular complexity index is 156. The molecule has 1 rings (SSSR count). The minimum Gasteiger partial charge on any atom is -0.381 e. The number of allylic oxidation sites excluding steroid dienone is 2. The van der Waals surface area contributed by atoms with Gasteiger partial charge in [0.25, 0.3) is 0 Å². The molecular formula is C16H30O. The average molecular weight is 238 g/mol. The first-order valence-electron chi connectivity index (χ1n) is 7.73. The van der Waals surface area contributed by atoms with E-state index in [9.17, 15) is 0 Å². The summed E-state index contributed by atoms with van der Waals surface area (Å²) < 4.78 is 5.65. The summed E-state index contributed by atoms with van der Waals surface area (Å²) in [5.74, 6) is 0. The first-order chi connectivity index (χ1) is 8.50.